The maximum atomic E-state index is 14.8. The number of ether oxygens (including phenoxy) is 4. The number of hydrogen-bond acceptors (Lipinski definition) is 9. The van der Waals surface area contributed by atoms with E-state index >= 15 is 0 Å². The molecule has 0 spiro atoms. The van der Waals surface area contributed by atoms with Crippen molar-refractivity contribution in [2.24, 2.45) is 5.92 Å². The smallest absolute Gasteiger partial charge is 0.414 e. The second kappa shape index (κ2) is 9.64. The van der Waals surface area contributed by atoms with Gasteiger partial charge in [0.1, 0.15) is 30.7 Å². The quantitative estimate of drug-likeness (QED) is 0.555. The molecule has 10 nitrogen and oxygen atoms in total. The van der Waals surface area contributed by atoms with Crippen LogP contribution in [-0.4, -0.2) is 78.7 Å². The Labute approximate surface area is 212 Å². The summed E-state index contributed by atoms with van der Waals surface area (Å²) in [5, 5.41) is 11.0. The van der Waals surface area contributed by atoms with Gasteiger partial charge >= 0.3 is 6.09 Å². The molecular formula is C26H27FN4O6. The molecule has 6 rings (SSSR count). The van der Waals surface area contributed by atoms with E-state index in [1.807, 2.05) is 11.0 Å². The Hall–Kier alpha value is -3.70. The zero-order valence-electron chi connectivity index (χ0n) is 20.3. The molecule has 1 N–H and O–H groups in total. The Balaban J connectivity index is 1.14. The van der Waals surface area contributed by atoms with Crippen molar-refractivity contribution < 1.29 is 33.2 Å². The van der Waals surface area contributed by atoms with Gasteiger partial charge in [-0.25, -0.2) is 19.2 Å². The first-order chi connectivity index (χ1) is 18.0. The molecule has 0 bridgehead atoms. The number of amides is 1. The number of aliphatic hydroxyl groups excluding tert-OH is 1. The van der Waals surface area contributed by atoms with Crippen molar-refractivity contribution in [3.63, 3.8) is 0 Å². The van der Waals surface area contributed by atoms with Gasteiger partial charge in [0, 0.05) is 37.2 Å². The second-order valence-electron chi connectivity index (χ2n) is 9.43. The highest BCUT2D eigenvalue weighted by molar-refractivity contribution is 5.89. The summed E-state index contributed by atoms with van der Waals surface area (Å²) in [5.74, 6) is 1.09. The minimum atomic E-state index is -1.14. The zero-order valence-corrected chi connectivity index (χ0v) is 20.3. The molecule has 3 aliphatic rings. The number of fused-ring (bicyclic) bond motifs is 3. The van der Waals surface area contributed by atoms with Crippen LogP contribution >= 0.6 is 0 Å². The number of hydrogen-bond donors (Lipinski definition) is 1. The summed E-state index contributed by atoms with van der Waals surface area (Å²) >= 11 is 0. The largest absolute Gasteiger partial charge is 0.486 e. The number of rotatable bonds is 5. The number of benzene rings is 2. The second-order valence-corrected chi connectivity index (χ2v) is 9.43. The van der Waals surface area contributed by atoms with E-state index in [2.05, 4.69) is 9.97 Å². The summed E-state index contributed by atoms with van der Waals surface area (Å²) in [6.07, 6.45) is 0.321. The van der Waals surface area contributed by atoms with Gasteiger partial charge in [0.25, 0.3) is 0 Å². The van der Waals surface area contributed by atoms with Crippen molar-refractivity contribution in [2.75, 3.05) is 51.4 Å². The zero-order chi connectivity index (χ0) is 25.5. The van der Waals surface area contributed by atoms with Crippen LogP contribution < -0.4 is 19.1 Å². The van der Waals surface area contributed by atoms with E-state index in [0.29, 0.717) is 55.6 Å². The van der Waals surface area contributed by atoms with E-state index in [1.54, 1.807) is 17.0 Å². The van der Waals surface area contributed by atoms with Gasteiger partial charge in [-0.3, -0.25) is 9.80 Å². The van der Waals surface area contributed by atoms with Gasteiger partial charge in [-0.1, -0.05) is 0 Å². The number of carbonyl (C=O) groups is 1. The van der Waals surface area contributed by atoms with E-state index in [1.165, 1.54) is 25.4 Å². The van der Waals surface area contributed by atoms with Gasteiger partial charge in [0.2, 0.25) is 5.88 Å². The fourth-order valence-corrected chi connectivity index (χ4v) is 5.26. The van der Waals surface area contributed by atoms with Crippen LogP contribution in [0.4, 0.5) is 14.9 Å². The van der Waals surface area contributed by atoms with Crippen molar-refractivity contribution in [3.8, 4) is 17.4 Å². The third-order valence-corrected chi connectivity index (χ3v) is 7.16. The van der Waals surface area contributed by atoms with Gasteiger partial charge < -0.3 is 24.1 Å². The molecule has 11 heteroatoms. The summed E-state index contributed by atoms with van der Waals surface area (Å²) in [6, 6.07) is 8.24. The molecule has 3 aromatic rings. The first-order valence-corrected chi connectivity index (χ1v) is 12.3. The molecule has 0 saturated carbocycles. The number of anilines is 1. The van der Waals surface area contributed by atoms with Crippen molar-refractivity contribution in [1.82, 2.24) is 14.9 Å². The molecule has 1 unspecified atom stereocenters. The number of halogens is 1. The molecule has 0 aliphatic carbocycles. The van der Waals surface area contributed by atoms with Crippen LogP contribution in [0.15, 0.2) is 36.5 Å². The van der Waals surface area contributed by atoms with E-state index in [-0.39, 0.29) is 35.5 Å². The van der Waals surface area contributed by atoms with Crippen molar-refractivity contribution >= 4 is 22.8 Å². The Morgan fingerprint density at radius 3 is 2.86 bits per heavy atom. The molecular weight excluding hydrogens is 483 g/mol. The maximum absolute atomic E-state index is 14.8. The van der Waals surface area contributed by atoms with Gasteiger partial charge in [-0.2, -0.15) is 0 Å². The summed E-state index contributed by atoms with van der Waals surface area (Å²) in [7, 11) is 1.45. The van der Waals surface area contributed by atoms with Crippen LogP contribution in [0.3, 0.4) is 0 Å². The Bertz CT molecular complexity index is 1340. The maximum Gasteiger partial charge on any atom is 0.414 e. The Morgan fingerprint density at radius 1 is 1.19 bits per heavy atom. The normalized spacial score (nSPS) is 22.4. The molecule has 3 atom stereocenters. The Morgan fingerprint density at radius 2 is 2.03 bits per heavy atom. The van der Waals surface area contributed by atoms with E-state index in [0.717, 1.165) is 6.42 Å². The number of piperidine rings is 1. The predicted octanol–water partition coefficient (Wildman–Crippen LogP) is 2.93. The number of aliphatic hydroxyl groups is 1. The van der Waals surface area contributed by atoms with Crippen LogP contribution in [0.1, 0.15) is 18.1 Å². The van der Waals surface area contributed by atoms with E-state index in [4.69, 9.17) is 18.9 Å². The highest BCUT2D eigenvalue weighted by atomic mass is 19.1. The van der Waals surface area contributed by atoms with Crippen molar-refractivity contribution in [1.29, 1.82) is 0 Å². The molecule has 37 heavy (non-hydrogen) atoms. The number of nitrogens with zero attached hydrogens (tertiary/aromatic N) is 4. The molecule has 1 amide bonds. The molecule has 3 aliphatic heterocycles. The van der Waals surface area contributed by atoms with Crippen LogP contribution in [0.2, 0.25) is 0 Å². The van der Waals surface area contributed by atoms with Crippen molar-refractivity contribution in [3.05, 3.63) is 47.9 Å². The summed E-state index contributed by atoms with van der Waals surface area (Å²) in [5.41, 5.74) is 1.52. The van der Waals surface area contributed by atoms with Crippen LogP contribution in [0.25, 0.3) is 11.0 Å². The highest BCUT2D eigenvalue weighted by Crippen LogP contribution is 2.37. The van der Waals surface area contributed by atoms with E-state index in [9.17, 15) is 14.3 Å². The fraction of sp³-hybridized carbons (Fsp3) is 0.423. The van der Waals surface area contributed by atoms with Crippen LogP contribution in [-0.2, 0) is 4.74 Å². The van der Waals surface area contributed by atoms with Gasteiger partial charge in [0.15, 0.2) is 11.5 Å². The number of carbonyl (C=O) groups excluding carboxylic acids is 1. The van der Waals surface area contributed by atoms with Crippen molar-refractivity contribution in [2.45, 2.75) is 18.6 Å². The molecule has 2 fully saturated rings. The lowest BCUT2D eigenvalue weighted by Crippen LogP contribution is -2.56. The molecule has 2 aromatic carbocycles. The summed E-state index contributed by atoms with van der Waals surface area (Å²) in [4.78, 5) is 25.1. The standard InChI is InChI=1S/C26H27FN4O6/c1-34-23-11-28-18-4-3-17(27)24(25(18)29-23)19(32)13-30-7-6-15-12-31(26(33)37-22(15)14-30)16-2-5-20-21(10-16)36-9-8-35-20/h2-5,10-11,15,19,22,32H,6-9,12-14H2,1H3/t15-,19?,22+/m1/s1. The molecule has 194 valence electrons. The number of likely N-dealkylation sites (tertiary alicyclic amines) is 1. The number of β-amino-alcohol motifs (C(OH)–C–C–N with tert-alkyl or cyclic N) is 1. The number of methoxy groups -OCH3 is 1. The van der Waals surface area contributed by atoms with Crippen LogP contribution in [0.5, 0.6) is 17.4 Å². The summed E-state index contributed by atoms with van der Waals surface area (Å²) < 4.78 is 37.0. The monoisotopic (exact) mass is 510 g/mol. The fourth-order valence-electron chi connectivity index (χ4n) is 5.26. The lowest BCUT2D eigenvalue weighted by Gasteiger charge is -2.44. The Kier molecular flexibility index (Phi) is 6.17. The topological polar surface area (TPSA) is 106 Å². The highest BCUT2D eigenvalue weighted by Gasteiger charge is 2.40. The van der Waals surface area contributed by atoms with E-state index < -0.39 is 18.0 Å². The predicted molar refractivity (Wildman–Crippen MR) is 131 cm³/mol. The van der Waals surface area contributed by atoms with Gasteiger partial charge in [-0.05, 0) is 37.2 Å². The third-order valence-electron chi connectivity index (χ3n) is 7.16. The molecule has 0 radical (unpaired) electrons. The average Bonchev–Trinajstić information content (AvgIpc) is 2.91. The molecule has 2 saturated heterocycles. The molecule has 4 heterocycles. The SMILES string of the molecule is COc1cnc2ccc(F)c(C(O)CN3CC[C@@H]4CN(c5ccc6c(c5)OCCO6)C(=O)O[C@H]4C3)c2n1. The third kappa shape index (κ3) is 4.49. The first-order valence-electron chi connectivity index (χ1n) is 12.3. The molecule has 1 aromatic heterocycles. The van der Waals surface area contributed by atoms with Gasteiger partial charge in [0.05, 0.1) is 30.6 Å². The minimum Gasteiger partial charge on any atom is -0.486 e. The minimum absolute atomic E-state index is 0.0800. The van der Waals surface area contributed by atoms with Gasteiger partial charge in [-0.15, -0.1) is 0 Å². The number of aromatic nitrogens is 2. The lowest BCUT2D eigenvalue weighted by atomic mass is 9.91. The summed E-state index contributed by atoms with van der Waals surface area (Å²) in [6.45, 7) is 2.78. The average molecular weight is 511 g/mol. The lowest BCUT2D eigenvalue weighted by molar-refractivity contribution is -0.0188. The van der Waals surface area contributed by atoms with Crippen LogP contribution in [0, 0.1) is 11.7 Å². The first kappa shape index (κ1) is 23.7.